The molecule has 2 nitrogen and oxygen atoms in total. The Balaban J connectivity index is 0.000000187. The van der Waals surface area contributed by atoms with Crippen LogP contribution in [0.15, 0.2) is 116 Å². The molecule has 7 aromatic rings. The molecule has 4 aromatic carbocycles. The molecule has 0 bridgehead atoms. The SMILES string of the molecule is [CH3][Ge]([CH3])([CH3])[c]1ccc(-c2[c-]cccc2)nc1.[Ir].[c-]1cc2c(cc1-c1nccc3c1CCCC3)sc1ccc(-c3ccccc3)cc12. The molecule has 1 radical (unpaired) electrons. The molecule has 3 aromatic heterocycles. The fraction of sp³-hybridized carbons (Fsp3) is 0.171. The van der Waals surface area contributed by atoms with Crippen LogP contribution in [0.3, 0.4) is 0 Å². The molecule has 0 saturated carbocycles. The van der Waals surface area contributed by atoms with Crippen LogP contribution in [0.5, 0.6) is 0 Å². The van der Waals surface area contributed by atoms with Crippen molar-refractivity contribution < 1.29 is 20.1 Å². The second-order valence-corrected chi connectivity index (χ2v) is 24.5. The second-order valence-electron chi connectivity index (χ2n) is 12.8. The summed E-state index contributed by atoms with van der Waals surface area (Å²) in [5.41, 5.74) is 9.76. The van der Waals surface area contributed by atoms with Crippen molar-refractivity contribution >= 4 is 49.2 Å². The molecule has 0 aliphatic heterocycles. The number of rotatable bonds is 4. The monoisotopic (exact) mass is 855 g/mol. The van der Waals surface area contributed by atoms with Crippen molar-refractivity contribution in [2.45, 2.75) is 43.0 Å². The van der Waals surface area contributed by atoms with Gasteiger partial charge in [-0.15, -0.1) is 23.8 Å². The summed E-state index contributed by atoms with van der Waals surface area (Å²) in [5.74, 6) is 7.14. The first-order chi connectivity index (χ1) is 21.9. The van der Waals surface area contributed by atoms with Crippen molar-refractivity contribution in [3.63, 3.8) is 0 Å². The van der Waals surface area contributed by atoms with E-state index in [-0.39, 0.29) is 20.1 Å². The van der Waals surface area contributed by atoms with Gasteiger partial charge in [0.15, 0.2) is 0 Å². The number of thiophene rings is 1. The van der Waals surface area contributed by atoms with Crippen molar-refractivity contribution in [1.29, 1.82) is 0 Å². The predicted molar refractivity (Wildman–Crippen MR) is 195 cm³/mol. The molecule has 1 aliphatic rings. The molecule has 0 unspecified atom stereocenters. The van der Waals surface area contributed by atoms with Crippen molar-refractivity contribution in [2.75, 3.05) is 0 Å². The van der Waals surface area contributed by atoms with Gasteiger partial charge in [-0.3, -0.25) is 0 Å². The summed E-state index contributed by atoms with van der Waals surface area (Å²) in [6.45, 7) is 0. The molecular weight excluding hydrogens is 817 g/mol. The number of nitrogens with zero attached hydrogens (tertiary/aromatic N) is 2. The topological polar surface area (TPSA) is 25.8 Å². The maximum Gasteiger partial charge on any atom is 0.0246 e. The minimum Gasteiger partial charge on any atom is -0.304 e. The van der Waals surface area contributed by atoms with Crippen LogP contribution in [0, 0.1) is 12.1 Å². The van der Waals surface area contributed by atoms with E-state index in [1.807, 2.05) is 48.0 Å². The molecule has 0 amide bonds. The smallest absolute Gasteiger partial charge is 0.0246 e. The second kappa shape index (κ2) is 14.2. The molecule has 8 rings (SSSR count). The van der Waals surface area contributed by atoms with Gasteiger partial charge in [-0.25, -0.2) is 0 Å². The van der Waals surface area contributed by atoms with Gasteiger partial charge in [0, 0.05) is 31.0 Å². The first kappa shape index (κ1) is 32.5. The Kier molecular flexibility index (Phi) is 10.0. The first-order valence-electron chi connectivity index (χ1n) is 15.8. The maximum atomic E-state index is 4.75. The summed E-state index contributed by atoms with van der Waals surface area (Å²) in [4.78, 5) is 9.28. The number of pyridine rings is 2. The summed E-state index contributed by atoms with van der Waals surface area (Å²) in [7, 11) is 0. The van der Waals surface area contributed by atoms with E-state index in [1.165, 1.54) is 66.1 Å². The molecule has 231 valence electrons. The normalized spacial score (nSPS) is 12.6. The van der Waals surface area contributed by atoms with Gasteiger partial charge >= 0.3 is 99.8 Å². The summed E-state index contributed by atoms with van der Waals surface area (Å²) in [6, 6.07) is 43.1. The molecule has 1 aliphatic carbocycles. The zero-order valence-electron chi connectivity index (χ0n) is 26.4. The molecule has 0 atom stereocenters. The number of benzene rings is 4. The molecule has 46 heavy (non-hydrogen) atoms. The molecule has 0 spiro atoms. The quantitative estimate of drug-likeness (QED) is 0.130. The fourth-order valence-corrected chi connectivity index (χ4v) is 9.39. The van der Waals surface area contributed by atoms with E-state index in [0.29, 0.717) is 0 Å². The van der Waals surface area contributed by atoms with E-state index in [4.69, 9.17) is 4.98 Å². The molecule has 0 fully saturated rings. The summed E-state index contributed by atoms with van der Waals surface area (Å²) >= 11 is 0.148. The Labute approximate surface area is 292 Å². The van der Waals surface area contributed by atoms with Gasteiger partial charge < -0.3 is 4.98 Å². The van der Waals surface area contributed by atoms with Crippen LogP contribution in [0.2, 0.25) is 17.3 Å². The van der Waals surface area contributed by atoms with E-state index >= 15 is 0 Å². The van der Waals surface area contributed by atoms with Crippen molar-refractivity contribution in [3.8, 4) is 33.6 Å². The summed E-state index contributed by atoms with van der Waals surface area (Å²) < 4.78 is 4.09. The molecule has 3 heterocycles. The van der Waals surface area contributed by atoms with Crippen LogP contribution in [0.25, 0.3) is 53.8 Å². The van der Waals surface area contributed by atoms with E-state index < -0.39 is 13.3 Å². The average Bonchev–Trinajstić information content (AvgIpc) is 3.46. The predicted octanol–water partition coefficient (Wildman–Crippen LogP) is 10.6. The zero-order valence-corrected chi connectivity index (χ0v) is 31.7. The van der Waals surface area contributed by atoms with Crippen molar-refractivity contribution in [3.05, 3.63) is 139 Å². The minimum absolute atomic E-state index is 0. The molecular formula is C41H36GeIrN2S-2. The number of hydrogen-bond donors (Lipinski definition) is 0. The maximum absolute atomic E-state index is 4.75. The largest absolute Gasteiger partial charge is 0.304 e. The van der Waals surface area contributed by atoms with E-state index in [2.05, 4.69) is 113 Å². The van der Waals surface area contributed by atoms with Gasteiger partial charge in [0.25, 0.3) is 0 Å². The van der Waals surface area contributed by atoms with Gasteiger partial charge in [-0.05, 0) is 64.7 Å². The van der Waals surface area contributed by atoms with E-state index in [1.54, 1.807) is 0 Å². The fourth-order valence-electron chi connectivity index (χ4n) is 6.11. The van der Waals surface area contributed by atoms with Gasteiger partial charge in [0.2, 0.25) is 0 Å². The summed E-state index contributed by atoms with van der Waals surface area (Å²) in [6.07, 6.45) is 8.87. The molecule has 0 saturated heterocycles. The first-order valence-corrected chi connectivity index (χ1v) is 23.9. The standard InChI is InChI=1S/C27H20NS.C14H16GeN.Ir/c1-2-6-18(7-3-1)20-11-13-25-24(16-20)23-12-10-21(17-26(23)29-25)27-22-9-5-4-8-19(22)14-15-28-27;1-15(2,3)13-9-10-14(16-11-13)12-7-5-4-6-8-12;/h1-3,6-7,11-17H,4-5,8-9H2;4-7,9-11H,1-3H3;/q2*-1;. The Bertz CT molecular complexity index is 2080. The van der Waals surface area contributed by atoms with Crippen molar-refractivity contribution in [2.24, 2.45) is 0 Å². The van der Waals surface area contributed by atoms with Crippen LogP contribution in [0.1, 0.15) is 24.0 Å². The zero-order chi connectivity index (χ0) is 30.8. The number of aromatic nitrogens is 2. The van der Waals surface area contributed by atoms with Crippen LogP contribution < -0.4 is 4.40 Å². The van der Waals surface area contributed by atoms with E-state index in [0.717, 1.165) is 28.9 Å². The Morgan fingerprint density at radius 1 is 0.696 bits per heavy atom. The molecule has 0 N–H and O–H groups in total. The number of hydrogen-bond acceptors (Lipinski definition) is 3. The van der Waals surface area contributed by atoms with Crippen LogP contribution >= 0.6 is 11.3 Å². The van der Waals surface area contributed by atoms with Gasteiger partial charge in [-0.1, -0.05) is 59.0 Å². The Morgan fingerprint density at radius 2 is 1.52 bits per heavy atom. The number of aryl methyl sites for hydroxylation is 1. The van der Waals surface area contributed by atoms with Crippen molar-refractivity contribution in [1.82, 2.24) is 9.97 Å². The average molecular weight is 854 g/mol. The third-order valence-electron chi connectivity index (χ3n) is 8.66. The third-order valence-corrected chi connectivity index (χ3v) is 14.0. The van der Waals surface area contributed by atoms with Crippen LogP contribution in [0.4, 0.5) is 0 Å². The van der Waals surface area contributed by atoms with Gasteiger partial charge in [0.05, 0.1) is 0 Å². The van der Waals surface area contributed by atoms with Crippen LogP contribution in [-0.2, 0) is 32.9 Å². The number of fused-ring (bicyclic) bond motifs is 4. The van der Waals surface area contributed by atoms with Gasteiger partial charge in [-0.2, -0.15) is 11.3 Å². The third kappa shape index (κ3) is 6.96. The minimum atomic E-state index is -1.72. The Morgan fingerprint density at radius 3 is 2.28 bits per heavy atom. The summed E-state index contributed by atoms with van der Waals surface area (Å²) in [5, 5.41) is 2.61. The van der Waals surface area contributed by atoms with E-state index in [9.17, 15) is 0 Å². The van der Waals surface area contributed by atoms with Gasteiger partial charge in [0.1, 0.15) is 0 Å². The Hall–Kier alpha value is -3.41. The van der Waals surface area contributed by atoms with Crippen LogP contribution in [-0.4, -0.2) is 23.2 Å². The molecule has 5 heteroatoms.